The molecular formula is C20H21N3O3. The summed E-state index contributed by atoms with van der Waals surface area (Å²) < 4.78 is 5.17. The number of carbonyl (C=O) groups is 1. The Labute approximate surface area is 151 Å². The first-order chi connectivity index (χ1) is 12.6. The number of ether oxygens (including phenoxy) is 1. The van der Waals surface area contributed by atoms with E-state index in [1.807, 2.05) is 50.2 Å². The summed E-state index contributed by atoms with van der Waals surface area (Å²) in [7, 11) is 1.60. The second-order valence-electron chi connectivity index (χ2n) is 5.84. The molecule has 0 aliphatic carbocycles. The van der Waals surface area contributed by atoms with Crippen LogP contribution in [0.4, 0.5) is 11.4 Å². The minimum absolute atomic E-state index is 0.163. The Hall–Kier alpha value is -3.15. The number of carboxylic acids is 1. The molecule has 0 fully saturated rings. The van der Waals surface area contributed by atoms with Gasteiger partial charge in [0.05, 0.1) is 24.0 Å². The number of fused-ring (bicyclic) bond motifs is 1. The lowest BCUT2D eigenvalue weighted by molar-refractivity contribution is 0.0696. The molecule has 2 heterocycles. The molecule has 0 atom stereocenters. The van der Waals surface area contributed by atoms with E-state index in [9.17, 15) is 9.90 Å². The Morgan fingerprint density at radius 3 is 2.38 bits per heavy atom. The number of rotatable bonds is 6. The van der Waals surface area contributed by atoms with Crippen LogP contribution in [0.2, 0.25) is 0 Å². The first-order valence-corrected chi connectivity index (χ1v) is 8.54. The average Bonchev–Trinajstić information content (AvgIpc) is 2.67. The van der Waals surface area contributed by atoms with Gasteiger partial charge in [-0.25, -0.2) is 9.78 Å². The zero-order valence-electron chi connectivity index (χ0n) is 15.0. The zero-order chi connectivity index (χ0) is 18.7. The van der Waals surface area contributed by atoms with Gasteiger partial charge in [-0.2, -0.15) is 0 Å². The maximum absolute atomic E-state index is 12.0. The molecule has 2 N–H and O–H groups in total. The van der Waals surface area contributed by atoms with Gasteiger partial charge in [0.25, 0.3) is 0 Å². The molecule has 2 aromatic heterocycles. The van der Waals surface area contributed by atoms with Crippen LogP contribution in [0.25, 0.3) is 11.0 Å². The fourth-order valence-corrected chi connectivity index (χ4v) is 2.85. The van der Waals surface area contributed by atoms with Crippen molar-refractivity contribution < 1.29 is 14.6 Å². The van der Waals surface area contributed by atoms with E-state index in [-0.39, 0.29) is 5.56 Å². The molecule has 0 aliphatic heterocycles. The van der Waals surface area contributed by atoms with E-state index < -0.39 is 5.97 Å². The molecule has 0 aliphatic rings. The SMILES string of the molecule is CCc1ccc2nc(CC)c(C(=O)O)c(Nc3ccc(OC)cc3)c2n1. The Bertz CT molecular complexity index is 953. The number of carboxylic acid groups (broad SMARTS) is 1. The van der Waals surface area contributed by atoms with Crippen molar-refractivity contribution in [3.8, 4) is 5.75 Å². The van der Waals surface area contributed by atoms with Gasteiger partial charge in [0.2, 0.25) is 0 Å². The number of hydrogen-bond acceptors (Lipinski definition) is 5. The lowest BCUT2D eigenvalue weighted by Gasteiger charge is -2.16. The Morgan fingerprint density at radius 2 is 1.81 bits per heavy atom. The summed E-state index contributed by atoms with van der Waals surface area (Å²) in [6, 6.07) is 11.1. The normalized spacial score (nSPS) is 10.7. The van der Waals surface area contributed by atoms with Gasteiger partial charge in [-0.15, -0.1) is 0 Å². The number of anilines is 2. The van der Waals surface area contributed by atoms with Gasteiger partial charge in [0, 0.05) is 11.4 Å². The summed E-state index contributed by atoms with van der Waals surface area (Å²) >= 11 is 0. The predicted molar refractivity (Wildman–Crippen MR) is 102 cm³/mol. The monoisotopic (exact) mass is 351 g/mol. The van der Waals surface area contributed by atoms with Crippen molar-refractivity contribution in [3.05, 3.63) is 53.3 Å². The van der Waals surface area contributed by atoms with Gasteiger partial charge < -0.3 is 15.2 Å². The van der Waals surface area contributed by atoms with Crippen LogP contribution in [0.5, 0.6) is 5.75 Å². The summed E-state index contributed by atoms with van der Waals surface area (Å²) in [5, 5.41) is 13.0. The van der Waals surface area contributed by atoms with Crippen LogP contribution in [0.3, 0.4) is 0 Å². The van der Waals surface area contributed by atoms with Gasteiger partial charge in [0.1, 0.15) is 16.8 Å². The molecular weight excluding hydrogens is 330 g/mol. The number of hydrogen-bond donors (Lipinski definition) is 2. The molecule has 0 amide bonds. The lowest BCUT2D eigenvalue weighted by Crippen LogP contribution is -2.11. The van der Waals surface area contributed by atoms with E-state index in [1.165, 1.54) is 0 Å². The molecule has 134 valence electrons. The highest BCUT2D eigenvalue weighted by Crippen LogP contribution is 2.31. The van der Waals surface area contributed by atoms with Crippen LogP contribution < -0.4 is 10.1 Å². The summed E-state index contributed by atoms with van der Waals surface area (Å²) in [5.41, 5.74) is 4.06. The van der Waals surface area contributed by atoms with Crippen LogP contribution in [0, 0.1) is 0 Å². The van der Waals surface area contributed by atoms with E-state index in [1.54, 1.807) is 7.11 Å². The number of benzene rings is 1. The number of aryl methyl sites for hydroxylation is 2. The van der Waals surface area contributed by atoms with Crippen molar-refractivity contribution in [3.63, 3.8) is 0 Å². The highest BCUT2D eigenvalue weighted by atomic mass is 16.5. The molecule has 0 unspecified atom stereocenters. The molecule has 3 rings (SSSR count). The van der Waals surface area contributed by atoms with E-state index in [0.717, 1.165) is 23.6 Å². The maximum atomic E-state index is 12.0. The van der Waals surface area contributed by atoms with Crippen LogP contribution in [-0.4, -0.2) is 28.2 Å². The van der Waals surface area contributed by atoms with Crippen molar-refractivity contribution in [2.24, 2.45) is 0 Å². The number of aromatic nitrogens is 2. The van der Waals surface area contributed by atoms with Gasteiger partial charge in [-0.1, -0.05) is 13.8 Å². The minimum atomic E-state index is -1.02. The van der Waals surface area contributed by atoms with Gasteiger partial charge in [-0.05, 0) is 49.2 Å². The average molecular weight is 351 g/mol. The topological polar surface area (TPSA) is 84.3 Å². The highest BCUT2D eigenvalue weighted by Gasteiger charge is 2.21. The maximum Gasteiger partial charge on any atom is 0.339 e. The van der Waals surface area contributed by atoms with E-state index in [4.69, 9.17) is 4.74 Å². The smallest absolute Gasteiger partial charge is 0.339 e. The number of methoxy groups -OCH3 is 1. The van der Waals surface area contributed by atoms with Crippen molar-refractivity contribution in [1.82, 2.24) is 9.97 Å². The van der Waals surface area contributed by atoms with E-state index in [2.05, 4.69) is 15.3 Å². The number of aromatic carboxylic acids is 1. The fraction of sp³-hybridized carbons (Fsp3) is 0.250. The fourth-order valence-electron chi connectivity index (χ4n) is 2.85. The van der Waals surface area contributed by atoms with Crippen LogP contribution in [0.1, 0.15) is 35.6 Å². The van der Waals surface area contributed by atoms with Crippen LogP contribution in [-0.2, 0) is 12.8 Å². The number of nitrogens with zero attached hydrogens (tertiary/aromatic N) is 2. The van der Waals surface area contributed by atoms with Crippen LogP contribution in [0.15, 0.2) is 36.4 Å². The molecule has 26 heavy (non-hydrogen) atoms. The second kappa shape index (κ2) is 7.39. The molecule has 0 bridgehead atoms. The molecule has 3 aromatic rings. The first kappa shape index (κ1) is 17.7. The summed E-state index contributed by atoms with van der Waals surface area (Å²) in [6.07, 6.45) is 1.28. The third-order valence-electron chi connectivity index (χ3n) is 4.23. The van der Waals surface area contributed by atoms with Crippen molar-refractivity contribution in [1.29, 1.82) is 0 Å². The number of pyridine rings is 2. The largest absolute Gasteiger partial charge is 0.497 e. The summed E-state index contributed by atoms with van der Waals surface area (Å²) in [5.74, 6) is -0.287. The Balaban J connectivity index is 2.23. The third-order valence-corrected chi connectivity index (χ3v) is 4.23. The molecule has 6 heteroatoms. The van der Waals surface area contributed by atoms with Crippen molar-refractivity contribution in [2.75, 3.05) is 12.4 Å². The molecule has 1 aromatic carbocycles. The highest BCUT2D eigenvalue weighted by molar-refractivity contribution is 6.05. The summed E-state index contributed by atoms with van der Waals surface area (Å²) in [6.45, 7) is 3.91. The quantitative estimate of drug-likeness (QED) is 0.692. The second-order valence-corrected chi connectivity index (χ2v) is 5.84. The van der Waals surface area contributed by atoms with E-state index in [0.29, 0.717) is 28.8 Å². The number of nitrogens with one attached hydrogen (secondary N) is 1. The van der Waals surface area contributed by atoms with Crippen LogP contribution >= 0.6 is 0 Å². The van der Waals surface area contributed by atoms with Gasteiger partial charge >= 0.3 is 5.97 Å². The van der Waals surface area contributed by atoms with Crippen molar-refractivity contribution >= 4 is 28.4 Å². The molecule has 6 nitrogen and oxygen atoms in total. The first-order valence-electron chi connectivity index (χ1n) is 8.54. The predicted octanol–water partition coefficient (Wildman–Crippen LogP) is 4.21. The van der Waals surface area contributed by atoms with Gasteiger partial charge in [-0.3, -0.25) is 4.98 Å². The van der Waals surface area contributed by atoms with Crippen molar-refractivity contribution in [2.45, 2.75) is 26.7 Å². The molecule has 0 radical (unpaired) electrons. The summed E-state index contributed by atoms with van der Waals surface area (Å²) in [4.78, 5) is 21.1. The lowest BCUT2D eigenvalue weighted by atomic mass is 10.1. The molecule has 0 spiro atoms. The Kier molecular flexibility index (Phi) is 5.02. The minimum Gasteiger partial charge on any atom is -0.497 e. The van der Waals surface area contributed by atoms with Gasteiger partial charge in [0.15, 0.2) is 0 Å². The zero-order valence-corrected chi connectivity index (χ0v) is 15.0. The molecule has 0 saturated heterocycles. The Morgan fingerprint density at radius 1 is 1.08 bits per heavy atom. The van der Waals surface area contributed by atoms with E-state index >= 15 is 0 Å². The molecule has 0 saturated carbocycles. The standard InChI is InChI=1S/C20H21N3O3/c1-4-12-8-11-16-18(21-12)19(17(20(24)25)15(5-2)23-16)22-13-6-9-14(26-3)10-7-13/h6-11H,4-5H2,1-3H3,(H,22,23)(H,24,25). The third kappa shape index (κ3) is 3.31.